The van der Waals surface area contributed by atoms with Crippen LogP contribution in [0.15, 0.2) is 132 Å². The first-order valence-electron chi connectivity index (χ1n) is 27.9. The van der Waals surface area contributed by atoms with Gasteiger partial charge in [-0.3, -0.25) is 47.3 Å². The van der Waals surface area contributed by atoms with Crippen LogP contribution in [-0.4, -0.2) is 118 Å². The van der Waals surface area contributed by atoms with Gasteiger partial charge in [0.15, 0.2) is 0 Å². The van der Waals surface area contributed by atoms with Gasteiger partial charge in [-0.15, -0.1) is 12.4 Å². The van der Waals surface area contributed by atoms with E-state index in [1.165, 1.54) is 48.4 Å². The number of likely N-dealkylation sites (tertiary alicyclic amines) is 1. The Labute approximate surface area is 530 Å². The molecule has 0 spiro atoms. The van der Waals surface area contributed by atoms with Crippen LogP contribution in [0.2, 0.25) is 10.0 Å². The van der Waals surface area contributed by atoms with Crippen LogP contribution in [0.3, 0.4) is 0 Å². The van der Waals surface area contributed by atoms with Gasteiger partial charge in [-0.1, -0.05) is 75.2 Å². The summed E-state index contributed by atoms with van der Waals surface area (Å²) >= 11 is 11.9. The van der Waals surface area contributed by atoms with E-state index in [4.69, 9.17) is 34.7 Å². The van der Waals surface area contributed by atoms with Crippen molar-refractivity contribution in [2.24, 2.45) is 24.9 Å². The van der Waals surface area contributed by atoms with E-state index in [9.17, 15) is 33.9 Å². The lowest BCUT2D eigenvalue weighted by Crippen LogP contribution is -2.56. The lowest BCUT2D eigenvalue weighted by atomic mass is 9.84. The van der Waals surface area contributed by atoms with Gasteiger partial charge in [0, 0.05) is 168 Å². The summed E-state index contributed by atoms with van der Waals surface area (Å²) in [5.41, 5.74) is 17.2. The third-order valence-corrected chi connectivity index (χ3v) is 15.3. The highest BCUT2D eigenvalue weighted by atomic mass is 35.5. The zero-order valence-corrected chi connectivity index (χ0v) is 52.1. The van der Waals surface area contributed by atoms with Crippen molar-refractivity contribution in [3.05, 3.63) is 176 Å². The average molecular weight is 1280 g/mol. The fourth-order valence-corrected chi connectivity index (χ4v) is 10.5. The number of carboxylic acids is 1. The standard InChI is InChI=1S/C31H30ClN9O3.C26H21ClN8O4.C5H11N.ClH/c1-31(2)16-40(17-31)25(42)15-41-27-22(8-23(29(41)44)28(43)35-9-18-4-6-21(32)7-5-18)26(19-10-36-30(33)37-11-19)24(13-34-27)20-12-38-39(3)14-20;1-34-12-16(10-33-34)20-11-29-23-18(22(20)15-8-31-26(28)32-9-15)6-19(25(39)35(23)13-21(36)37)24(38)30-7-14-2-4-17(27)5-3-14;1-5(2)3-6-4-5;/h4-8,10-14H,9,15-17H2,1-3H3,(H,35,43)(H2,33,36,37);2-6,8-12H,7,13H2,1H3,(H,30,38)(H,36,37)(H2,28,31,32);6H,3-4H2,1-2H3;1H. The number of amides is 3. The van der Waals surface area contributed by atoms with Crippen molar-refractivity contribution in [1.82, 2.24) is 79.4 Å². The van der Waals surface area contributed by atoms with Gasteiger partial charge in [-0.25, -0.2) is 29.9 Å². The second kappa shape index (κ2) is 26.8. The summed E-state index contributed by atoms with van der Waals surface area (Å²) in [5.74, 6) is -2.62. The maximum absolute atomic E-state index is 13.9. The molecule has 464 valence electrons. The van der Waals surface area contributed by atoms with E-state index in [0.29, 0.717) is 78.3 Å². The predicted octanol–water partition coefficient (Wildman–Crippen LogP) is 6.83. The molecule has 10 aromatic rings. The van der Waals surface area contributed by atoms with Crippen LogP contribution in [0.5, 0.6) is 0 Å². The molecule has 2 fully saturated rings. The number of carbonyl (C=O) groups is 4. The smallest absolute Gasteiger partial charge is 0.323 e. The molecule has 28 heteroatoms. The molecule has 10 heterocycles. The average Bonchev–Trinajstić information content (AvgIpc) is 0.987. The molecule has 2 saturated heterocycles. The van der Waals surface area contributed by atoms with Crippen molar-refractivity contribution in [2.45, 2.75) is 53.9 Å². The number of nitrogen functional groups attached to an aromatic ring is 2. The Morgan fingerprint density at radius 3 is 1.30 bits per heavy atom. The quantitative estimate of drug-likeness (QED) is 0.0649. The van der Waals surface area contributed by atoms with Gasteiger partial charge in [0.2, 0.25) is 17.8 Å². The first-order chi connectivity index (χ1) is 42.4. The Balaban J connectivity index is 0.000000194. The SMILES string of the molecule is CC1(C)CNC1.Cl.Cn1cc(-c2cnc3c(cc(C(=O)NCc4ccc(Cl)cc4)c(=O)n3CC(=O)N3CC(C)(C)C3)c2-c2cnc(N)nc2)cn1.Cn1cc(-c2cnc3c(cc(C(=O)NCc4ccc(Cl)cc4)c(=O)n3CC(=O)O)c2-c2cnc(N)nc2)cn1. The van der Waals surface area contributed by atoms with Gasteiger partial charge in [0.1, 0.15) is 35.5 Å². The molecule has 0 aliphatic carbocycles. The summed E-state index contributed by atoms with van der Waals surface area (Å²) in [7, 11) is 3.56. The predicted molar refractivity (Wildman–Crippen MR) is 344 cm³/mol. The topological polar surface area (TPSA) is 337 Å². The maximum Gasteiger partial charge on any atom is 0.323 e. The number of hydrogen-bond donors (Lipinski definition) is 6. The number of nitrogens with one attached hydrogen (secondary N) is 3. The number of nitrogens with zero attached hydrogens (tertiary/aromatic N) is 13. The summed E-state index contributed by atoms with van der Waals surface area (Å²) in [4.78, 5) is 107. The Bertz CT molecular complexity index is 4460. The number of carbonyl (C=O) groups excluding carboxylic acids is 3. The second-order valence-electron chi connectivity index (χ2n) is 23.1. The first-order valence-corrected chi connectivity index (χ1v) is 28.7. The molecule has 8 N–H and O–H groups in total. The number of aromatic nitrogens is 12. The van der Waals surface area contributed by atoms with E-state index in [-0.39, 0.29) is 77.7 Å². The lowest BCUT2D eigenvalue weighted by molar-refractivity contribution is -0.142. The van der Waals surface area contributed by atoms with Gasteiger partial charge in [0.05, 0.1) is 12.4 Å². The Kier molecular flexibility index (Phi) is 19.2. The number of fused-ring (bicyclic) bond motifs is 2. The molecule has 0 saturated carbocycles. The van der Waals surface area contributed by atoms with Crippen molar-refractivity contribution in [3.63, 3.8) is 0 Å². The normalized spacial score (nSPS) is 13.5. The van der Waals surface area contributed by atoms with Gasteiger partial charge >= 0.3 is 5.97 Å². The van der Waals surface area contributed by atoms with E-state index in [1.54, 1.807) is 114 Å². The molecular formula is C62H63Cl3N18O7. The summed E-state index contributed by atoms with van der Waals surface area (Å²) in [6.07, 6.45) is 16.2. The van der Waals surface area contributed by atoms with Crippen molar-refractivity contribution >= 4 is 93.3 Å². The highest BCUT2D eigenvalue weighted by Crippen LogP contribution is 2.39. The number of aryl methyl sites for hydroxylation is 2. The van der Waals surface area contributed by atoms with E-state index in [1.807, 2.05) is 6.20 Å². The van der Waals surface area contributed by atoms with E-state index >= 15 is 0 Å². The molecular weight excluding hydrogens is 1220 g/mol. The van der Waals surface area contributed by atoms with Crippen LogP contribution in [0.4, 0.5) is 11.9 Å². The first kappa shape index (κ1) is 64.5. The fraction of sp³-hybridized carbons (Fsp3) is 0.258. The number of anilines is 2. The number of aliphatic carboxylic acids is 1. The van der Waals surface area contributed by atoms with Gasteiger partial charge < -0.3 is 37.4 Å². The molecule has 2 aromatic carbocycles. The van der Waals surface area contributed by atoms with Crippen LogP contribution < -0.4 is 38.5 Å². The van der Waals surface area contributed by atoms with Gasteiger partial charge in [-0.05, 0) is 58.4 Å². The van der Waals surface area contributed by atoms with Crippen molar-refractivity contribution in [3.8, 4) is 44.5 Å². The number of pyridine rings is 4. The highest BCUT2D eigenvalue weighted by molar-refractivity contribution is 6.30. The molecule has 0 unspecified atom stereocenters. The minimum atomic E-state index is -1.27. The lowest BCUT2D eigenvalue weighted by Gasteiger charge is -2.45. The molecule has 0 radical (unpaired) electrons. The minimum Gasteiger partial charge on any atom is -0.480 e. The van der Waals surface area contributed by atoms with Crippen LogP contribution in [0.1, 0.15) is 59.5 Å². The van der Waals surface area contributed by atoms with Crippen LogP contribution >= 0.6 is 35.6 Å². The van der Waals surface area contributed by atoms with Crippen molar-refractivity contribution in [1.29, 1.82) is 0 Å². The maximum atomic E-state index is 13.9. The Hall–Kier alpha value is -9.95. The zero-order valence-electron chi connectivity index (χ0n) is 49.7. The second-order valence-corrected chi connectivity index (χ2v) is 24.0. The molecule has 0 bridgehead atoms. The minimum absolute atomic E-state index is 0. The number of benzene rings is 2. The fourth-order valence-electron chi connectivity index (χ4n) is 10.3. The molecule has 2 aliphatic heterocycles. The summed E-state index contributed by atoms with van der Waals surface area (Å²) in [5, 5.41) is 28.8. The van der Waals surface area contributed by atoms with E-state index in [0.717, 1.165) is 21.3 Å². The summed E-state index contributed by atoms with van der Waals surface area (Å²) < 4.78 is 5.51. The molecule has 0 atom stereocenters. The Morgan fingerprint density at radius 2 is 0.967 bits per heavy atom. The van der Waals surface area contributed by atoms with Gasteiger partial charge in [0.25, 0.3) is 22.9 Å². The summed E-state index contributed by atoms with van der Waals surface area (Å²) in [6.45, 7) is 11.6. The molecule has 3 amide bonds. The van der Waals surface area contributed by atoms with E-state index in [2.05, 4.69) is 83.7 Å². The van der Waals surface area contributed by atoms with Crippen LogP contribution in [-0.2, 0) is 49.9 Å². The third kappa shape index (κ3) is 14.6. The number of nitrogens with two attached hydrogens (primary N) is 2. The monoisotopic (exact) mass is 1280 g/mol. The summed E-state index contributed by atoms with van der Waals surface area (Å²) in [6, 6.07) is 16.8. The van der Waals surface area contributed by atoms with E-state index < -0.39 is 35.4 Å². The highest BCUT2D eigenvalue weighted by Gasteiger charge is 2.37. The van der Waals surface area contributed by atoms with Crippen LogP contribution in [0, 0.1) is 10.8 Å². The number of carboxylic acid groups (broad SMARTS) is 1. The molecule has 8 aromatic heterocycles. The Morgan fingerprint density at radius 1 is 0.578 bits per heavy atom. The third-order valence-electron chi connectivity index (χ3n) is 14.8. The number of hydrogen-bond acceptors (Lipinski definition) is 17. The molecule has 12 rings (SSSR count). The largest absolute Gasteiger partial charge is 0.480 e. The number of rotatable bonds is 14. The molecule has 2 aliphatic rings. The molecule has 90 heavy (non-hydrogen) atoms. The van der Waals surface area contributed by atoms with Crippen molar-refractivity contribution in [2.75, 3.05) is 37.6 Å². The zero-order chi connectivity index (χ0) is 63.5. The van der Waals surface area contributed by atoms with Crippen molar-refractivity contribution < 1.29 is 24.3 Å². The molecule has 25 nitrogen and oxygen atoms in total. The van der Waals surface area contributed by atoms with Crippen LogP contribution in [0.25, 0.3) is 66.6 Å². The van der Waals surface area contributed by atoms with Gasteiger partial charge in [-0.2, -0.15) is 10.2 Å². The number of halogens is 3.